The smallest absolute Gasteiger partial charge is 0.258 e. The molecule has 0 bridgehead atoms. The van der Waals surface area contributed by atoms with Crippen molar-refractivity contribution >= 4 is 10.9 Å². The second-order valence-electron chi connectivity index (χ2n) is 10.7. The van der Waals surface area contributed by atoms with E-state index in [-0.39, 0.29) is 17.9 Å². The van der Waals surface area contributed by atoms with Gasteiger partial charge in [0.15, 0.2) is 11.5 Å². The van der Waals surface area contributed by atoms with Crippen molar-refractivity contribution in [3.63, 3.8) is 0 Å². The maximum Gasteiger partial charge on any atom is 0.258 e. The second-order valence-corrected chi connectivity index (χ2v) is 10.7. The number of ether oxygens (including phenoxy) is 3. The number of nitrogens with zero attached hydrogens (tertiary/aromatic N) is 4. The molecule has 2 aromatic heterocycles. The van der Waals surface area contributed by atoms with Gasteiger partial charge in [-0.2, -0.15) is 0 Å². The Kier molecular flexibility index (Phi) is 5.34. The summed E-state index contributed by atoms with van der Waals surface area (Å²) >= 11 is 0. The summed E-state index contributed by atoms with van der Waals surface area (Å²) in [6, 6.07) is 5.93. The van der Waals surface area contributed by atoms with Crippen LogP contribution < -0.4 is 15.0 Å². The summed E-state index contributed by atoms with van der Waals surface area (Å²) in [5.74, 6) is 1.70. The Labute approximate surface area is 220 Å². The summed E-state index contributed by atoms with van der Waals surface area (Å²) in [6.45, 7) is 12.1. The zero-order chi connectivity index (χ0) is 26.2. The number of pyridine rings is 2. The van der Waals surface area contributed by atoms with Gasteiger partial charge in [-0.05, 0) is 31.2 Å². The number of rotatable bonds is 3. The molecule has 1 N–H and O–H groups in total. The van der Waals surface area contributed by atoms with Gasteiger partial charge in [-0.3, -0.25) is 9.69 Å². The highest BCUT2D eigenvalue weighted by atomic mass is 16.6. The third kappa shape index (κ3) is 3.42. The van der Waals surface area contributed by atoms with Crippen molar-refractivity contribution in [2.75, 3.05) is 46.4 Å². The zero-order valence-corrected chi connectivity index (χ0v) is 21.9. The van der Waals surface area contributed by atoms with Gasteiger partial charge in [0.2, 0.25) is 0 Å². The van der Waals surface area contributed by atoms with Gasteiger partial charge in [-0.1, -0.05) is 13.5 Å². The lowest BCUT2D eigenvalue weighted by Gasteiger charge is -2.35. The molecule has 6 heterocycles. The van der Waals surface area contributed by atoms with Gasteiger partial charge in [0.1, 0.15) is 31.2 Å². The van der Waals surface area contributed by atoms with Gasteiger partial charge in [-0.25, -0.2) is 4.98 Å². The average molecular weight is 517 g/mol. The zero-order valence-electron chi connectivity index (χ0n) is 21.9. The molecule has 9 heteroatoms. The van der Waals surface area contributed by atoms with Crippen molar-refractivity contribution in [1.29, 1.82) is 0 Å². The monoisotopic (exact) mass is 516 g/mol. The minimum atomic E-state index is -1.41. The molecule has 9 nitrogen and oxygen atoms in total. The highest BCUT2D eigenvalue weighted by Gasteiger charge is 2.41. The van der Waals surface area contributed by atoms with Gasteiger partial charge in [0.05, 0.1) is 29.0 Å². The van der Waals surface area contributed by atoms with Crippen LogP contribution in [0.3, 0.4) is 0 Å². The highest BCUT2D eigenvalue weighted by Crippen LogP contribution is 2.44. The van der Waals surface area contributed by atoms with Crippen molar-refractivity contribution in [2.24, 2.45) is 0 Å². The van der Waals surface area contributed by atoms with Crippen LogP contribution in [0.25, 0.3) is 22.3 Å². The molecule has 1 aromatic carbocycles. The van der Waals surface area contributed by atoms with Crippen LogP contribution in [0.4, 0.5) is 0 Å². The lowest BCUT2D eigenvalue weighted by Crippen LogP contribution is -2.44. The second kappa shape index (κ2) is 8.56. The van der Waals surface area contributed by atoms with Crippen LogP contribution in [0.15, 0.2) is 35.3 Å². The normalized spacial score (nSPS) is 22.7. The van der Waals surface area contributed by atoms with Crippen LogP contribution in [0.5, 0.6) is 11.5 Å². The molecule has 4 aliphatic rings. The number of fused-ring (bicyclic) bond motifs is 6. The predicted molar refractivity (Wildman–Crippen MR) is 142 cm³/mol. The largest absolute Gasteiger partial charge is 0.490 e. The van der Waals surface area contributed by atoms with Gasteiger partial charge in [-0.15, -0.1) is 0 Å². The van der Waals surface area contributed by atoms with Crippen molar-refractivity contribution in [3.8, 4) is 22.9 Å². The van der Waals surface area contributed by atoms with Crippen LogP contribution in [0.1, 0.15) is 35.6 Å². The number of piperazine rings is 1. The standard InChI is InChI=1S/C29H32N4O5/c1-4-29(35)17(2)38-16-21-22(29)12-24-27-20(15-33(24)28(21)34)19(14-32-7-5-31(3)6-8-32)18-11-25-26(13-23(18)30-27)37-10-9-36-25/h11-13,35H,2,4-10,14-16H2,1,3H3. The number of benzene rings is 1. The topological polar surface area (TPSA) is 89.3 Å². The SMILES string of the molecule is C=C1OCc2c(cc3n(c2=O)Cc2c-3nc3cc4c(cc3c2CN2CCN(C)CC2)OCCO4)C1(O)CC. The van der Waals surface area contributed by atoms with Gasteiger partial charge in [0.25, 0.3) is 5.56 Å². The van der Waals surface area contributed by atoms with Crippen LogP contribution in [-0.2, 0) is 30.0 Å². The Bertz CT molecular complexity index is 1560. The first-order chi connectivity index (χ1) is 18.4. The molecular weight excluding hydrogens is 484 g/mol. The molecule has 1 unspecified atom stereocenters. The molecule has 0 aliphatic carbocycles. The molecule has 7 rings (SSSR count). The number of likely N-dealkylation sites (N-methyl/N-ethyl adjacent to an activating group) is 1. The fourth-order valence-corrected chi connectivity index (χ4v) is 6.22. The summed E-state index contributed by atoms with van der Waals surface area (Å²) in [5, 5.41) is 12.5. The maximum absolute atomic E-state index is 13.8. The molecule has 1 fully saturated rings. The fraction of sp³-hybridized carbons (Fsp3) is 0.448. The lowest BCUT2D eigenvalue weighted by atomic mass is 9.84. The predicted octanol–water partition coefficient (Wildman–Crippen LogP) is 2.59. The fourth-order valence-electron chi connectivity index (χ4n) is 6.22. The van der Waals surface area contributed by atoms with E-state index in [2.05, 4.69) is 23.4 Å². The number of aromatic nitrogens is 2. The summed E-state index contributed by atoms with van der Waals surface area (Å²) in [4.78, 5) is 23.7. The van der Waals surface area contributed by atoms with Crippen molar-refractivity contribution < 1.29 is 19.3 Å². The van der Waals surface area contributed by atoms with E-state index in [1.807, 2.05) is 25.1 Å². The first-order valence-corrected chi connectivity index (χ1v) is 13.4. The quantitative estimate of drug-likeness (QED) is 0.445. The van der Waals surface area contributed by atoms with Crippen molar-refractivity contribution in [1.82, 2.24) is 19.4 Å². The van der Waals surface area contributed by atoms with E-state index in [4.69, 9.17) is 19.2 Å². The van der Waals surface area contributed by atoms with E-state index < -0.39 is 5.60 Å². The molecule has 4 aliphatic heterocycles. The van der Waals surface area contributed by atoms with Gasteiger partial charge in [0, 0.05) is 55.3 Å². The minimum absolute atomic E-state index is 0.108. The molecule has 0 radical (unpaired) electrons. The summed E-state index contributed by atoms with van der Waals surface area (Å²) in [7, 11) is 2.15. The van der Waals surface area contributed by atoms with Crippen LogP contribution in [0, 0.1) is 0 Å². The van der Waals surface area contributed by atoms with E-state index in [0.717, 1.165) is 66.3 Å². The number of hydrogen-bond acceptors (Lipinski definition) is 8. The molecule has 198 valence electrons. The Balaban J connectivity index is 1.44. The summed E-state index contributed by atoms with van der Waals surface area (Å²) < 4.78 is 19.3. The molecule has 1 atom stereocenters. The average Bonchev–Trinajstić information content (AvgIpc) is 3.30. The Morgan fingerprint density at radius 1 is 1.05 bits per heavy atom. The van der Waals surface area contributed by atoms with E-state index in [0.29, 0.717) is 43.1 Å². The number of aliphatic hydroxyl groups is 1. The Morgan fingerprint density at radius 2 is 1.79 bits per heavy atom. The van der Waals surface area contributed by atoms with E-state index in [1.165, 1.54) is 5.56 Å². The molecule has 3 aromatic rings. The van der Waals surface area contributed by atoms with E-state index in [1.54, 1.807) is 4.57 Å². The maximum atomic E-state index is 13.8. The van der Waals surface area contributed by atoms with E-state index >= 15 is 0 Å². The molecule has 0 saturated carbocycles. The van der Waals surface area contributed by atoms with Crippen molar-refractivity contribution in [2.45, 2.75) is 38.6 Å². The van der Waals surface area contributed by atoms with Crippen LogP contribution >= 0.6 is 0 Å². The van der Waals surface area contributed by atoms with Crippen LogP contribution in [0.2, 0.25) is 0 Å². The number of hydrogen-bond donors (Lipinski definition) is 1. The van der Waals surface area contributed by atoms with E-state index in [9.17, 15) is 9.90 Å². The Hall–Kier alpha value is -3.40. The first-order valence-electron chi connectivity index (χ1n) is 13.4. The van der Waals surface area contributed by atoms with Crippen LogP contribution in [-0.4, -0.2) is 70.9 Å². The molecule has 1 saturated heterocycles. The third-order valence-corrected chi connectivity index (χ3v) is 8.61. The molecule has 0 spiro atoms. The summed E-state index contributed by atoms with van der Waals surface area (Å²) in [5.41, 5.74) is 4.05. The molecular formula is C29H32N4O5. The third-order valence-electron chi connectivity index (χ3n) is 8.61. The van der Waals surface area contributed by atoms with Gasteiger partial charge < -0.3 is 28.8 Å². The lowest BCUT2D eigenvalue weighted by molar-refractivity contribution is -0.0172. The Morgan fingerprint density at radius 3 is 2.53 bits per heavy atom. The van der Waals surface area contributed by atoms with Crippen molar-refractivity contribution in [3.05, 3.63) is 63.1 Å². The molecule has 0 amide bonds. The first kappa shape index (κ1) is 23.7. The summed E-state index contributed by atoms with van der Waals surface area (Å²) in [6.07, 6.45) is 0.359. The highest BCUT2D eigenvalue weighted by molar-refractivity contribution is 5.90. The molecule has 38 heavy (non-hydrogen) atoms. The minimum Gasteiger partial charge on any atom is -0.490 e. The van der Waals surface area contributed by atoms with Gasteiger partial charge >= 0.3 is 0 Å².